The molecule has 1 aromatic carbocycles. The molecule has 0 bridgehead atoms. The molecule has 2 N–H and O–H groups in total. The summed E-state index contributed by atoms with van der Waals surface area (Å²) in [5.41, 5.74) is 8.20. The molecule has 0 radical (unpaired) electrons. The number of rotatable bonds is 4. The number of nitrogen functional groups attached to an aromatic ring is 1. The van der Waals surface area contributed by atoms with Crippen LogP contribution >= 0.6 is 0 Å². The predicted molar refractivity (Wildman–Crippen MR) is 103 cm³/mol. The summed E-state index contributed by atoms with van der Waals surface area (Å²) in [6, 6.07) is 12.5. The summed E-state index contributed by atoms with van der Waals surface area (Å²) < 4.78 is 6.36. The normalized spacial score (nSPS) is 10.8. The molecule has 0 saturated heterocycles. The van der Waals surface area contributed by atoms with E-state index in [9.17, 15) is 9.59 Å². The van der Waals surface area contributed by atoms with Gasteiger partial charge in [-0.2, -0.15) is 0 Å². The van der Waals surface area contributed by atoms with E-state index in [1.165, 1.54) is 13.2 Å². The lowest BCUT2D eigenvalue weighted by molar-refractivity contribution is 0.0595. The number of ether oxygens (including phenoxy) is 1. The molecule has 3 rings (SSSR count). The van der Waals surface area contributed by atoms with Crippen LogP contribution in [-0.4, -0.2) is 27.6 Å². The second kappa shape index (κ2) is 7.41. The quantitative estimate of drug-likeness (QED) is 0.715. The molecule has 7 nitrogen and oxygen atoms in total. The van der Waals surface area contributed by atoms with Gasteiger partial charge in [0.15, 0.2) is 11.5 Å². The molecular weight excluding hydrogens is 344 g/mol. The molecule has 7 heteroatoms. The zero-order valence-electron chi connectivity index (χ0n) is 15.3. The first-order valence-electron chi connectivity index (χ1n) is 8.46. The van der Waals surface area contributed by atoms with E-state index >= 15 is 0 Å². The van der Waals surface area contributed by atoms with Gasteiger partial charge in [0.05, 0.1) is 18.5 Å². The van der Waals surface area contributed by atoms with Crippen LogP contribution < -0.4 is 11.3 Å². The SMILES string of the molecule is COC(=O)c1nc(-c2ccc(=O)n(C(C)C)c2)c(-c2ccccc2)nc1N. The van der Waals surface area contributed by atoms with E-state index in [-0.39, 0.29) is 23.1 Å². The van der Waals surface area contributed by atoms with E-state index in [0.717, 1.165) is 5.56 Å². The lowest BCUT2D eigenvalue weighted by atomic mass is 10.0. The van der Waals surface area contributed by atoms with Gasteiger partial charge in [-0.3, -0.25) is 4.79 Å². The highest BCUT2D eigenvalue weighted by atomic mass is 16.5. The lowest BCUT2D eigenvalue weighted by Gasteiger charge is -2.15. The van der Waals surface area contributed by atoms with Crippen LogP contribution in [-0.2, 0) is 4.74 Å². The van der Waals surface area contributed by atoms with Crippen molar-refractivity contribution in [2.75, 3.05) is 12.8 Å². The topological polar surface area (TPSA) is 100 Å². The number of carbonyl (C=O) groups excluding carboxylic acids is 1. The Morgan fingerprint density at radius 3 is 2.33 bits per heavy atom. The van der Waals surface area contributed by atoms with E-state index in [1.54, 1.807) is 16.8 Å². The molecular formula is C20H20N4O3. The Bertz CT molecular complexity index is 1040. The minimum atomic E-state index is -0.668. The van der Waals surface area contributed by atoms with Crippen LogP contribution in [0.2, 0.25) is 0 Å². The highest BCUT2D eigenvalue weighted by Gasteiger charge is 2.20. The Hall–Kier alpha value is -3.48. The molecule has 0 unspecified atom stereocenters. The van der Waals surface area contributed by atoms with Gasteiger partial charge in [-0.15, -0.1) is 0 Å². The van der Waals surface area contributed by atoms with Crippen LogP contribution in [0.5, 0.6) is 0 Å². The van der Waals surface area contributed by atoms with E-state index in [0.29, 0.717) is 17.0 Å². The summed E-state index contributed by atoms with van der Waals surface area (Å²) in [4.78, 5) is 33.0. The number of benzene rings is 1. The summed E-state index contributed by atoms with van der Waals surface area (Å²) in [6.07, 6.45) is 1.71. The number of anilines is 1. The van der Waals surface area contributed by atoms with Crippen LogP contribution in [0.3, 0.4) is 0 Å². The number of nitrogens with two attached hydrogens (primary N) is 1. The zero-order valence-corrected chi connectivity index (χ0v) is 15.3. The van der Waals surface area contributed by atoms with Gasteiger partial charge in [0.25, 0.3) is 5.56 Å². The van der Waals surface area contributed by atoms with Crippen molar-refractivity contribution in [1.82, 2.24) is 14.5 Å². The summed E-state index contributed by atoms with van der Waals surface area (Å²) in [5, 5.41) is 0. The van der Waals surface area contributed by atoms with E-state index < -0.39 is 5.97 Å². The van der Waals surface area contributed by atoms with Crippen molar-refractivity contribution in [1.29, 1.82) is 0 Å². The fourth-order valence-corrected chi connectivity index (χ4v) is 2.74. The van der Waals surface area contributed by atoms with Crippen molar-refractivity contribution in [2.24, 2.45) is 0 Å². The number of methoxy groups -OCH3 is 1. The van der Waals surface area contributed by atoms with Gasteiger partial charge in [-0.1, -0.05) is 30.3 Å². The third-order valence-electron chi connectivity index (χ3n) is 4.12. The van der Waals surface area contributed by atoms with Crippen LogP contribution in [0, 0.1) is 0 Å². The van der Waals surface area contributed by atoms with Crippen LogP contribution in [0.25, 0.3) is 22.5 Å². The van der Waals surface area contributed by atoms with Crippen LogP contribution in [0.15, 0.2) is 53.5 Å². The summed E-state index contributed by atoms with van der Waals surface area (Å²) in [6.45, 7) is 3.83. The van der Waals surface area contributed by atoms with Crippen molar-refractivity contribution < 1.29 is 9.53 Å². The second-order valence-corrected chi connectivity index (χ2v) is 6.27. The molecule has 0 atom stereocenters. The maximum Gasteiger partial charge on any atom is 0.360 e. The highest BCUT2D eigenvalue weighted by Crippen LogP contribution is 2.30. The molecule has 0 spiro atoms. The number of esters is 1. The average Bonchev–Trinajstić information content (AvgIpc) is 2.68. The summed E-state index contributed by atoms with van der Waals surface area (Å²) in [5.74, 6) is -0.681. The lowest BCUT2D eigenvalue weighted by Crippen LogP contribution is -2.20. The number of aromatic nitrogens is 3. The number of hydrogen-bond acceptors (Lipinski definition) is 6. The first-order chi connectivity index (χ1) is 12.9. The molecule has 0 saturated carbocycles. The van der Waals surface area contributed by atoms with Crippen molar-refractivity contribution in [2.45, 2.75) is 19.9 Å². The molecule has 2 heterocycles. The first kappa shape index (κ1) is 18.3. The summed E-state index contributed by atoms with van der Waals surface area (Å²) in [7, 11) is 1.26. The number of pyridine rings is 1. The van der Waals surface area contributed by atoms with Gasteiger partial charge in [0.1, 0.15) is 0 Å². The molecule has 0 aliphatic carbocycles. The number of hydrogen-bond donors (Lipinski definition) is 1. The standard InChI is InChI=1S/C20H20N4O3/c1-12(2)24-11-14(9-10-15(24)25)17-16(13-7-5-4-6-8-13)23-19(21)18(22-17)20(26)27-3/h4-12H,1-3H3,(H2,21,23). The number of carbonyl (C=O) groups is 1. The van der Waals surface area contributed by atoms with Gasteiger partial charge in [-0.25, -0.2) is 14.8 Å². The van der Waals surface area contributed by atoms with Gasteiger partial charge >= 0.3 is 5.97 Å². The van der Waals surface area contributed by atoms with Gasteiger partial charge in [0, 0.05) is 29.4 Å². The minimum Gasteiger partial charge on any atom is -0.464 e. The van der Waals surface area contributed by atoms with Crippen molar-refractivity contribution in [3.63, 3.8) is 0 Å². The van der Waals surface area contributed by atoms with Gasteiger partial charge in [-0.05, 0) is 19.9 Å². The van der Waals surface area contributed by atoms with E-state index in [1.807, 2.05) is 44.2 Å². The Morgan fingerprint density at radius 1 is 1.04 bits per heavy atom. The van der Waals surface area contributed by atoms with Gasteiger partial charge < -0.3 is 15.0 Å². The summed E-state index contributed by atoms with van der Waals surface area (Å²) >= 11 is 0. The number of nitrogens with zero attached hydrogens (tertiary/aromatic N) is 3. The Kier molecular flexibility index (Phi) is 5.03. The third-order valence-corrected chi connectivity index (χ3v) is 4.12. The van der Waals surface area contributed by atoms with E-state index in [4.69, 9.17) is 10.5 Å². The molecule has 27 heavy (non-hydrogen) atoms. The molecule has 138 valence electrons. The minimum absolute atomic E-state index is 0.0124. The molecule has 3 aromatic rings. The van der Waals surface area contributed by atoms with Crippen molar-refractivity contribution in [3.8, 4) is 22.5 Å². The first-order valence-corrected chi connectivity index (χ1v) is 8.46. The Balaban J connectivity index is 2.31. The maximum absolute atomic E-state index is 12.1. The zero-order chi connectivity index (χ0) is 19.6. The monoisotopic (exact) mass is 364 g/mol. The van der Waals surface area contributed by atoms with Crippen LogP contribution in [0.1, 0.15) is 30.4 Å². The van der Waals surface area contributed by atoms with Crippen LogP contribution in [0.4, 0.5) is 5.82 Å². The average molecular weight is 364 g/mol. The Labute approximate surface area is 156 Å². The molecule has 0 fully saturated rings. The fourth-order valence-electron chi connectivity index (χ4n) is 2.74. The largest absolute Gasteiger partial charge is 0.464 e. The molecule has 2 aromatic heterocycles. The molecule has 0 amide bonds. The Morgan fingerprint density at radius 2 is 1.70 bits per heavy atom. The smallest absolute Gasteiger partial charge is 0.360 e. The second-order valence-electron chi connectivity index (χ2n) is 6.27. The predicted octanol–water partition coefficient (Wildman–Crippen LogP) is 2.92. The van der Waals surface area contributed by atoms with Gasteiger partial charge in [0.2, 0.25) is 0 Å². The van der Waals surface area contributed by atoms with E-state index in [2.05, 4.69) is 9.97 Å². The fraction of sp³-hybridized carbons (Fsp3) is 0.200. The molecule has 0 aliphatic rings. The third kappa shape index (κ3) is 3.57. The van der Waals surface area contributed by atoms with Crippen molar-refractivity contribution >= 4 is 11.8 Å². The van der Waals surface area contributed by atoms with Crippen molar-refractivity contribution in [3.05, 3.63) is 64.7 Å². The molecule has 0 aliphatic heterocycles. The highest BCUT2D eigenvalue weighted by molar-refractivity contribution is 5.94. The maximum atomic E-state index is 12.1.